The second-order valence-electron chi connectivity index (χ2n) is 0.855. The standard InChI is InChI=1S/C4H6ClO/c1-4(3-5)6-2/h1-2H3. The van der Waals surface area contributed by atoms with Gasteiger partial charge in [-0.05, 0) is 6.92 Å². The molecule has 0 rings (SSSR count). The highest BCUT2D eigenvalue weighted by molar-refractivity contribution is 6.22. The minimum Gasteiger partial charge on any atom is -0.500 e. The predicted molar refractivity (Wildman–Crippen MR) is 25.3 cm³/mol. The molecule has 0 saturated heterocycles. The zero-order valence-electron chi connectivity index (χ0n) is 3.79. The van der Waals surface area contributed by atoms with Crippen molar-refractivity contribution >= 4 is 11.6 Å². The molecular weight excluding hydrogens is 99.5 g/mol. The lowest BCUT2D eigenvalue weighted by molar-refractivity contribution is 0.293. The highest BCUT2D eigenvalue weighted by Crippen LogP contribution is 1.90. The van der Waals surface area contributed by atoms with Crippen molar-refractivity contribution in [2.45, 2.75) is 6.92 Å². The Kier molecular flexibility index (Phi) is 2.95. The van der Waals surface area contributed by atoms with E-state index in [2.05, 4.69) is 10.3 Å². The highest BCUT2D eigenvalue weighted by atomic mass is 35.5. The summed E-state index contributed by atoms with van der Waals surface area (Å²) in [7, 11) is 1.55. The fraction of sp³-hybridized carbons (Fsp3) is 0.500. The molecule has 6 heavy (non-hydrogen) atoms. The fourth-order valence-electron chi connectivity index (χ4n) is 0.0386. The van der Waals surface area contributed by atoms with Crippen LogP contribution in [0.1, 0.15) is 6.92 Å². The number of halogens is 1. The van der Waals surface area contributed by atoms with Crippen LogP contribution in [0.3, 0.4) is 0 Å². The lowest BCUT2D eigenvalue weighted by Gasteiger charge is -1.89. The zero-order valence-corrected chi connectivity index (χ0v) is 4.54. The summed E-state index contributed by atoms with van der Waals surface area (Å²) in [6.07, 6.45) is 0. The van der Waals surface area contributed by atoms with Crippen molar-refractivity contribution in [1.82, 2.24) is 0 Å². The molecule has 0 fully saturated rings. The molecule has 0 aliphatic rings. The first-order valence-corrected chi connectivity index (χ1v) is 1.93. The first kappa shape index (κ1) is 5.83. The quantitative estimate of drug-likeness (QED) is 0.460. The topological polar surface area (TPSA) is 9.23 Å². The molecule has 0 saturated carbocycles. The Morgan fingerprint density at radius 3 is 2.33 bits per heavy atom. The molecule has 0 aromatic rings. The molecule has 0 atom stereocenters. The Balaban J connectivity index is 3.22. The van der Waals surface area contributed by atoms with Crippen LogP contribution in [-0.2, 0) is 4.74 Å². The second kappa shape index (κ2) is 3.04. The van der Waals surface area contributed by atoms with E-state index < -0.39 is 0 Å². The number of allylic oxidation sites excluding steroid dienone is 1. The third-order valence-electron chi connectivity index (χ3n) is 0.439. The minimum absolute atomic E-state index is 0.608. The van der Waals surface area contributed by atoms with Crippen LogP contribution in [0, 0.1) is 5.54 Å². The molecule has 0 aromatic heterocycles. The number of ether oxygens (including phenoxy) is 1. The molecule has 0 aliphatic heterocycles. The van der Waals surface area contributed by atoms with Crippen molar-refractivity contribution in [2.24, 2.45) is 0 Å². The van der Waals surface area contributed by atoms with Crippen LogP contribution in [0.15, 0.2) is 5.76 Å². The molecule has 0 aliphatic carbocycles. The summed E-state index contributed by atoms with van der Waals surface area (Å²) >= 11 is 5.04. The van der Waals surface area contributed by atoms with Crippen LogP contribution in [-0.4, -0.2) is 7.11 Å². The van der Waals surface area contributed by atoms with Gasteiger partial charge in [0.2, 0.25) is 0 Å². The Morgan fingerprint density at radius 1 is 1.83 bits per heavy atom. The number of hydrogen-bond acceptors (Lipinski definition) is 1. The Labute approximate surface area is 42.6 Å². The van der Waals surface area contributed by atoms with Gasteiger partial charge in [-0.1, -0.05) is 11.6 Å². The summed E-state index contributed by atoms with van der Waals surface area (Å²) in [4.78, 5) is 0. The normalized spacial score (nSPS) is 11.5. The van der Waals surface area contributed by atoms with E-state index in [0.29, 0.717) is 5.76 Å². The lowest BCUT2D eigenvalue weighted by Crippen LogP contribution is -1.73. The molecule has 0 spiro atoms. The van der Waals surface area contributed by atoms with Gasteiger partial charge in [0.15, 0.2) is 0 Å². The van der Waals surface area contributed by atoms with Gasteiger partial charge < -0.3 is 4.74 Å². The van der Waals surface area contributed by atoms with Crippen LogP contribution in [0.4, 0.5) is 0 Å². The summed E-state index contributed by atoms with van der Waals surface area (Å²) in [6.45, 7) is 1.73. The van der Waals surface area contributed by atoms with Gasteiger partial charge in [0.05, 0.1) is 12.6 Å². The Bertz CT molecular complexity index is 58.6. The summed E-state index contributed by atoms with van der Waals surface area (Å²) in [5.74, 6) is 0.608. The van der Waals surface area contributed by atoms with Gasteiger partial charge in [0.1, 0.15) is 5.76 Å². The maximum atomic E-state index is 5.04. The molecule has 0 aromatic carbocycles. The van der Waals surface area contributed by atoms with Gasteiger partial charge in [-0.25, -0.2) is 0 Å². The van der Waals surface area contributed by atoms with Crippen molar-refractivity contribution < 1.29 is 4.74 Å². The van der Waals surface area contributed by atoms with E-state index in [4.69, 9.17) is 11.6 Å². The predicted octanol–water partition coefficient (Wildman–Crippen LogP) is 1.54. The van der Waals surface area contributed by atoms with Crippen LogP contribution in [0.5, 0.6) is 0 Å². The van der Waals surface area contributed by atoms with Crippen LogP contribution >= 0.6 is 11.6 Å². The molecule has 1 nitrogen and oxygen atoms in total. The van der Waals surface area contributed by atoms with Crippen LogP contribution < -0.4 is 0 Å². The summed E-state index contributed by atoms with van der Waals surface area (Å²) in [6, 6.07) is 0. The van der Waals surface area contributed by atoms with E-state index in [1.807, 2.05) is 0 Å². The van der Waals surface area contributed by atoms with Gasteiger partial charge in [-0.3, -0.25) is 0 Å². The third-order valence-corrected chi connectivity index (χ3v) is 0.705. The van der Waals surface area contributed by atoms with Gasteiger partial charge in [0, 0.05) is 0 Å². The zero-order chi connectivity index (χ0) is 4.99. The highest BCUT2D eigenvalue weighted by Gasteiger charge is 1.75. The smallest absolute Gasteiger partial charge is 0.113 e. The van der Waals surface area contributed by atoms with E-state index in [-0.39, 0.29) is 0 Å². The van der Waals surface area contributed by atoms with Crippen LogP contribution in [0.25, 0.3) is 0 Å². The second-order valence-corrected chi connectivity index (χ2v) is 1.04. The molecule has 0 N–H and O–H groups in total. The Hall–Kier alpha value is -0.170. The molecule has 1 radical (unpaired) electrons. The summed E-state index contributed by atoms with van der Waals surface area (Å²) in [5.41, 5.74) is 2.28. The van der Waals surface area contributed by atoms with Gasteiger partial charge in [-0.2, -0.15) is 0 Å². The van der Waals surface area contributed by atoms with Crippen molar-refractivity contribution in [3.05, 3.63) is 11.3 Å². The summed E-state index contributed by atoms with van der Waals surface area (Å²) in [5, 5.41) is 0. The monoisotopic (exact) mass is 105 g/mol. The van der Waals surface area contributed by atoms with Crippen molar-refractivity contribution in [1.29, 1.82) is 0 Å². The van der Waals surface area contributed by atoms with E-state index in [0.717, 1.165) is 0 Å². The number of hydrogen-bond donors (Lipinski definition) is 0. The maximum Gasteiger partial charge on any atom is 0.113 e. The average Bonchev–Trinajstić information content (AvgIpc) is 1.65. The SMILES string of the molecule is CO/C(C)=[C]/Cl. The van der Waals surface area contributed by atoms with E-state index in [1.54, 1.807) is 14.0 Å². The van der Waals surface area contributed by atoms with Gasteiger partial charge in [0.25, 0.3) is 0 Å². The first-order valence-electron chi connectivity index (χ1n) is 1.55. The Morgan fingerprint density at radius 2 is 2.33 bits per heavy atom. The largest absolute Gasteiger partial charge is 0.500 e. The fourth-order valence-corrected chi connectivity index (χ4v) is 0.116. The van der Waals surface area contributed by atoms with E-state index >= 15 is 0 Å². The number of methoxy groups -OCH3 is 1. The van der Waals surface area contributed by atoms with Gasteiger partial charge >= 0.3 is 0 Å². The molecule has 35 valence electrons. The molecule has 0 heterocycles. The molecule has 0 unspecified atom stereocenters. The van der Waals surface area contributed by atoms with Crippen LogP contribution in [0.2, 0.25) is 0 Å². The molecule has 0 amide bonds. The molecular formula is C4H6ClO. The summed E-state index contributed by atoms with van der Waals surface area (Å²) < 4.78 is 4.57. The van der Waals surface area contributed by atoms with Crippen molar-refractivity contribution in [3.63, 3.8) is 0 Å². The van der Waals surface area contributed by atoms with Gasteiger partial charge in [-0.15, -0.1) is 0 Å². The van der Waals surface area contributed by atoms with E-state index in [1.165, 1.54) is 0 Å². The lowest BCUT2D eigenvalue weighted by atomic mass is 10.7. The average molecular weight is 106 g/mol. The first-order chi connectivity index (χ1) is 2.81. The number of rotatable bonds is 1. The third kappa shape index (κ3) is 2.09. The molecule has 2 heteroatoms. The maximum absolute atomic E-state index is 5.04. The van der Waals surface area contributed by atoms with Crippen molar-refractivity contribution in [3.8, 4) is 0 Å². The van der Waals surface area contributed by atoms with Crippen molar-refractivity contribution in [2.75, 3.05) is 7.11 Å². The van der Waals surface area contributed by atoms with E-state index in [9.17, 15) is 0 Å². The minimum atomic E-state index is 0.608. The molecule has 0 bridgehead atoms.